The molecule has 9 heteroatoms. The van der Waals surface area contributed by atoms with Gasteiger partial charge in [0.05, 0.1) is 24.8 Å². The summed E-state index contributed by atoms with van der Waals surface area (Å²) in [6, 6.07) is 17.9. The molecule has 5 aromatic rings. The lowest BCUT2D eigenvalue weighted by Gasteiger charge is -2.03. The zero-order chi connectivity index (χ0) is 23.7. The van der Waals surface area contributed by atoms with Crippen LogP contribution >= 0.6 is 11.3 Å². The predicted molar refractivity (Wildman–Crippen MR) is 128 cm³/mol. The predicted octanol–water partition coefficient (Wildman–Crippen LogP) is 3.81. The summed E-state index contributed by atoms with van der Waals surface area (Å²) in [6.45, 7) is 2.09. The zero-order valence-corrected chi connectivity index (χ0v) is 19.2. The third-order valence-electron chi connectivity index (χ3n) is 5.11. The van der Waals surface area contributed by atoms with Crippen molar-refractivity contribution in [1.29, 1.82) is 0 Å². The van der Waals surface area contributed by atoms with E-state index in [1.54, 1.807) is 50.4 Å². The maximum Gasteiger partial charge on any atom is 0.338 e. The topological polar surface area (TPSA) is 95.9 Å². The Labute approximate surface area is 197 Å². The van der Waals surface area contributed by atoms with Crippen molar-refractivity contribution in [1.82, 2.24) is 14.6 Å². The van der Waals surface area contributed by atoms with E-state index in [1.165, 1.54) is 15.9 Å². The number of hydrogen-bond acceptors (Lipinski definition) is 8. The standard InChI is InChI=1S/C25H19N3O5S/c1-3-32-24(30)16-10-8-15(9-11-16)19-13-12-17(33-19)14-21-23(29)28-25(34-21)26-22(27-28)18-6-4-5-7-20(18)31-2/h4-14H,3H2,1-2H3/b21-14-. The lowest BCUT2D eigenvalue weighted by atomic mass is 10.1. The Kier molecular flexibility index (Phi) is 5.69. The molecule has 0 amide bonds. The summed E-state index contributed by atoms with van der Waals surface area (Å²) in [4.78, 5) is 29.7. The molecule has 0 aliphatic carbocycles. The minimum atomic E-state index is -0.365. The van der Waals surface area contributed by atoms with Gasteiger partial charge in [-0.1, -0.05) is 35.6 Å². The van der Waals surface area contributed by atoms with Crippen LogP contribution in [0.5, 0.6) is 5.75 Å². The fraction of sp³-hybridized carbons (Fsp3) is 0.120. The number of nitrogens with zero attached hydrogens (tertiary/aromatic N) is 3. The molecule has 3 aromatic heterocycles. The van der Waals surface area contributed by atoms with Crippen LogP contribution in [0.4, 0.5) is 0 Å². The van der Waals surface area contributed by atoms with E-state index < -0.39 is 0 Å². The molecular weight excluding hydrogens is 454 g/mol. The largest absolute Gasteiger partial charge is 0.496 e. The van der Waals surface area contributed by atoms with Gasteiger partial charge in [-0.2, -0.15) is 9.50 Å². The monoisotopic (exact) mass is 473 g/mol. The Hall–Kier alpha value is -4.24. The van der Waals surface area contributed by atoms with Crippen LogP contribution in [0.15, 0.2) is 69.9 Å². The van der Waals surface area contributed by atoms with Gasteiger partial charge in [0.15, 0.2) is 5.82 Å². The summed E-state index contributed by atoms with van der Waals surface area (Å²) < 4.78 is 18.0. The molecule has 34 heavy (non-hydrogen) atoms. The Morgan fingerprint density at radius 2 is 1.91 bits per heavy atom. The molecule has 0 atom stereocenters. The second-order valence-corrected chi connectivity index (χ2v) is 8.25. The van der Waals surface area contributed by atoms with Crippen molar-refractivity contribution in [2.75, 3.05) is 13.7 Å². The third kappa shape index (κ3) is 3.97. The number of para-hydroxylation sites is 1. The first-order valence-electron chi connectivity index (χ1n) is 10.5. The van der Waals surface area contributed by atoms with Gasteiger partial charge in [0.2, 0.25) is 4.96 Å². The SMILES string of the molecule is CCOC(=O)c1ccc(-c2ccc(/C=c3\sc4nc(-c5ccccc5OC)nn4c3=O)o2)cc1. The first-order chi connectivity index (χ1) is 16.6. The number of ether oxygens (including phenoxy) is 2. The van der Waals surface area contributed by atoms with Crippen LogP contribution in [0, 0.1) is 0 Å². The van der Waals surface area contributed by atoms with Crippen molar-refractivity contribution < 1.29 is 18.7 Å². The van der Waals surface area contributed by atoms with Gasteiger partial charge in [0, 0.05) is 11.6 Å². The van der Waals surface area contributed by atoms with Gasteiger partial charge in [0.1, 0.15) is 21.8 Å². The number of benzene rings is 2. The van der Waals surface area contributed by atoms with E-state index in [4.69, 9.17) is 13.9 Å². The summed E-state index contributed by atoms with van der Waals surface area (Å²) in [7, 11) is 1.58. The number of methoxy groups -OCH3 is 1. The van der Waals surface area contributed by atoms with Crippen LogP contribution in [-0.4, -0.2) is 34.3 Å². The van der Waals surface area contributed by atoms with E-state index in [0.29, 0.717) is 44.8 Å². The number of carbonyl (C=O) groups is 1. The average Bonchev–Trinajstić information content (AvgIpc) is 3.57. The fourth-order valence-electron chi connectivity index (χ4n) is 3.48. The zero-order valence-electron chi connectivity index (χ0n) is 18.3. The van der Waals surface area contributed by atoms with Crippen LogP contribution in [0.1, 0.15) is 23.0 Å². The van der Waals surface area contributed by atoms with Gasteiger partial charge in [0.25, 0.3) is 5.56 Å². The number of carbonyl (C=O) groups excluding carboxylic acids is 1. The molecule has 0 unspecified atom stereocenters. The fourth-order valence-corrected chi connectivity index (χ4v) is 4.36. The van der Waals surface area contributed by atoms with E-state index >= 15 is 0 Å². The van der Waals surface area contributed by atoms with Crippen LogP contribution in [0.25, 0.3) is 33.7 Å². The molecule has 0 N–H and O–H groups in total. The summed E-state index contributed by atoms with van der Waals surface area (Å²) in [5.41, 5.74) is 1.72. The lowest BCUT2D eigenvalue weighted by molar-refractivity contribution is 0.0526. The van der Waals surface area contributed by atoms with E-state index in [1.807, 2.05) is 30.3 Å². The van der Waals surface area contributed by atoms with Crippen molar-refractivity contribution in [3.8, 4) is 28.5 Å². The molecule has 0 saturated carbocycles. The van der Waals surface area contributed by atoms with E-state index in [-0.39, 0.29) is 11.5 Å². The van der Waals surface area contributed by atoms with Crippen LogP contribution in [-0.2, 0) is 4.74 Å². The second-order valence-electron chi connectivity index (χ2n) is 7.25. The molecule has 0 spiro atoms. The minimum absolute atomic E-state index is 0.273. The molecule has 0 aliphatic rings. The Morgan fingerprint density at radius 3 is 2.65 bits per heavy atom. The van der Waals surface area contributed by atoms with Crippen molar-refractivity contribution in [2.24, 2.45) is 0 Å². The number of hydrogen-bond donors (Lipinski definition) is 0. The van der Waals surface area contributed by atoms with Gasteiger partial charge in [-0.3, -0.25) is 4.79 Å². The Balaban J connectivity index is 1.43. The molecule has 0 radical (unpaired) electrons. The first kappa shape index (κ1) is 21.6. The van der Waals surface area contributed by atoms with Crippen molar-refractivity contribution in [2.45, 2.75) is 6.92 Å². The summed E-state index contributed by atoms with van der Waals surface area (Å²) in [5, 5.41) is 4.38. The minimum Gasteiger partial charge on any atom is -0.496 e. The Bertz CT molecular complexity index is 1600. The molecule has 0 saturated heterocycles. The van der Waals surface area contributed by atoms with Crippen molar-refractivity contribution >= 4 is 28.3 Å². The van der Waals surface area contributed by atoms with Gasteiger partial charge in [-0.25, -0.2) is 4.79 Å². The van der Waals surface area contributed by atoms with Gasteiger partial charge in [-0.05, 0) is 43.3 Å². The molecule has 170 valence electrons. The lowest BCUT2D eigenvalue weighted by Crippen LogP contribution is -2.23. The maximum absolute atomic E-state index is 12.9. The first-order valence-corrected chi connectivity index (χ1v) is 11.3. The normalized spacial score (nSPS) is 11.8. The summed E-state index contributed by atoms with van der Waals surface area (Å²) in [5.74, 6) is 1.84. The highest BCUT2D eigenvalue weighted by atomic mass is 32.1. The highest BCUT2D eigenvalue weighted by Gasteiger charge is 2.15. The number of rotatable bonds is 6. The number of furan rings is 1. The number of fused-ring (bicyclic) bond motifs is 1. The molecule has 0 bridgehead atoms. The van der Waals surface area contributed by atoms with E-state index in [9.17, 15) is 9.59 Å². The van der Waals surface area contributed by atoms with E-state index in [2.05, 4.69) is 10.1 Å². The van der Waals surface area contributed by atoms with Gasteiger partial charge < -0.3 is 13.9 Å². The average molecular weight is 474 g/mol. The molecule has 8 nitrogen and oxygen atoms in total. The molecule has 0 aliphatic heterocycles. The van der Waals surface area contributed by atoms with Crippen LogP contribution in [0.3, 0.4) is 0 Å². The van der Waals surface area contributed by atoms with Crippen LogP contribution < -0.4 is 14.8 Å². The third-order valence-corrected chi connectivity index (χ3v) is 6.07. The van der Waals surface area contributed by atoms with Crippen molar-refractivity contribution in [3.05, 3.63) is 86.9 Å². The number of aromatic nitrogens is 3. The molecule has 2 aromatic carbocycles. The quantitative estimate of drug-likeness (QED) is 0.346. The van der Waals surface area contributed by atoms with Crippen LogP contribution in [0.2, 0.25) is 0 Å². The highest BCUT2D eigenvalue weighted by Crippen LogP contribution is 2.27. The number of thiazole rings is 1. The maximum atomic E-state index is 12.9. The smallest absolute Gasteiger partial charge is 0.338 e. The molecule has 5 rings (SSSR count). The van der Waals surface area contributed by atoms with Crippen molar-refractivity contribution in [3.63, 3.8) is 0 Å². The van der Waals surface area contributed by atoms with Gasteiger partial charge in [-0.15, -0.1) is 5.10 Å². The molecule has 3 heterocycles. The summed E-state index contributed by atoms with van der Waals surface area (Å²) in [6.07, 6.45) is 1.67. The van der Waals surface area contributed by atoms with E-state index in [0.717, 1.165) is 11.1 Å². The van der Waals surface area contributed by atoms with Gasteiger partial charge >= 0.3 is 5.97 Å². The molecule has 0 fully saturated rings. The number of esters is 1. The Morgan fingerprint density at radius 1 is 1.12 bits per heavy atom. The second kappa shape index (κ2) is 8.95. The summed E-state index contributed by atoms with van der Waals surface area (Å²) >= 11 is 1.23. The molecular formula is C25H19N3O5S. The highest BCUT2D eigenvalue weighted by molar-refractivity contribution is 7.15.